The smallest absolute Gasteiger partial charge is 0.253 e. The average Bonchev–Trinajstić information content (AvgIpc) is 1.84. The summed E-state index contributed by atoms with van der Waals surface area (Å²) in [5.41, 5.74) is -0.512. The van der Waals surface area contributed by atoms with E-state index in [1.54, 1.807) is 6.92 Å². The van der Waals surface area contributed by atoms with E-state index in [1.807, 2.05) is 6.92 Å². The molecular formula is C5H11O3P. The Morgan fingerprint density at radius 2 is 2.22 bits per heavy atom. The lowest BCUT2D eigenvalue weighted by Crippen LogP contribution is -2.03. The Balaban J connectivity index is 3.88. The molecule has 0 aliphatic heterocycles. The highest BCUT2D eigenvalue weighted by atomic mass is 31.1. The van der Waals surface area contributed by atoms with Crippen molar-refractivity contribution in [2.75, 3.05) is 0 Å². The van der Waals surface area contributed by atoms with Crippen LogP contribution in [-0.2, 0) is 9.36 Å². The minimum Gasteiger partial charge on any atom is -0.341 e. The molecule has 0 radical (unpaired) electrons. The molecule has 0 saturated carbocycles. The molecule has 2 atom stereocenters. The van der Waals surface area contributed by atoms with Crippen molar-refractivity contribution in [1.82, 2.24) is 0 Å². The van der Waals surface area contributed by atoms with Gasteiger partial charge in [0.05, 0.1) is 0 Å². The fourth-order valence-electron chi connectivity index (χ4n) is 0.396. The standard InChI is InChI=1S/C5H11O3P/c1-3-4(2)5(6)9(7)8/h4,9H,3H2,1-2H3,(H,7,8). The molecule has 3 nitrogen and oxygen atoms in total. The van der Waals surface area contributed by atoms with Gasteiger partial charge in [-0.25, -0.2) is 0 Å². The maximum Gasteiger partial charge on any atom is 0.253 e. The van der Waals surface area contributed by atoms with Gasteiger partial charge in [-0.05, 0) is 6.42 Å². The molecule has 0 amide bonds. The van der Waals surface area contributed by atoms with Gasteiger partial charge in [-0.1, -0.05) is 13.8 Å². The van der Waals surface area contributed by atoms with Gasteiger partial charge in [0, 0.05) is 5.92 Å². The maximum absolute atomic E-state index is 10.6. The van der Waals surface area contributed by atoms with E-state index >= 15 is 0 Å². The van der Waals surface area contributed by atoms with Gasteiger partial charge >= 0.3 is 0 Å². The number of rotatable bonds is 3. The first-order valence-corrected chi connectivity index (χ1v) is 4.22. The van der Waals surface area contributed by atoms with Crippen LogP contribution in [0.15, 0.2) is 0 Å². The van der Waals surface area contributed by atoms with Crippen LogP contribution in [0.2, 0.25) is 0 Å². The van der Waals surface area contributed by atoms with Gasteiger partial charge in [-0.3, -0.25) is 9.36 Å². The van der Waals surface area contributed by atoms with Crippen molar-refractivity contribution in [2.45, 2.75) is 20.3 Å². The Bertz CT molecular complexity index is 132. The topological polar surface area (TPSA) is 54.4 Å². The summed E-state index contributed by atoms with van der Waals surface area (Å²) in [5.74, 6) is -0.263. The highest BCUT2D eigenvalue weighted by Crippen LogP contribution is 2.21. The fraction of sp³-hybridized carbons (Fsp3) is 0.800. The molecule has 9 heavy (non-hydrogen) atoms. The minimum atomic E-state index is -2.91. The normalized spacial score (nSPS) is 16.8. The summed E-state index contributed by atoms with van der Waals surface area (Å²) in [6, 6.07) is 0. The molecule has 0 heterocycles. The SMILES string of the molecule is CCC(C)C(=O)[PH](=O)O. The molecule has 0 aliphatic rings. The first-order chi connectivity index (χ1) is 4.09. The predicted octanol–water partition coefficient (Wildman–Crippen LogP) is 1.03. The monoisotopic (exact) mass is 150 g/mol. The van der Waals surface area contributed by atoms with E-state index in [9.17, 15) is 9.36 Å². The Labute approximate surface area is 54.9 Å². The molecule has 0 aromatic heterocycles. The van der Waals surface area contributed by atoms with Crippen LogP contribution >= 0.6 is 8.03 Å². The molecule has 0 fully saturated rings. The van der Waals surface area contributed by atoms with E-state index < -0.39 is 13.6 Å². The number of hydrogen-bond donors (Lipinski definition) is 1. The summed E-state index contributed by atoms with van der Waals surface area (Å²) in [4.78, 5) is 18.9. The van der Waals surface area contributed by atoms with E-state index in [2.05, 4.69) is 0 Å². The molecule has 0 aliphatic carbocycles. The number of carbonyl (C=O) groups is 1. The molecule has 0 spiro atoms. The van der Waals surface area contributed by atoms with Crippen LogP contribution in [-0.4, -0.2) is 10.4 Å². The van der Waals surface area contributed by atoms with Gasteiger partial charge in [0.2, 0.25) is 5.52 Å². The maximum atomic E-state index is 10.6. The zero-order valence-corrected chi connectivity index (χ0v) is 6.55. The van der Waals surface area contributed by atoms with Crippen LogP contribution in [0.25, 0.3) is 0 Å². The van der Waals surface area contributed by atoms with Crippen LogP contribution in [0.4, 0.5) is 0 Å². The predicted molar refractivity (Wildman–Crippen MR) is 35.7 cm³/mol. The van der Waals surface area contributed by atoms with Crippen LogP contribution in [0, 0.1) is 5.92 Å². The number of carbonyl (C=O) groups excluding carboxylic acids is 1. The average molecular weight is 150 g/mol. The lowest BCUT2D eigenvalue weighted by atomic mass is 10.1. The fourth-order valence-corrected chi connectivity index (χ4v) is 1.02. The Morgan fingerprint density at radius 1 is 1.78 bits per heavy atom. The van der Waals surface area contributed by atoms with Crippen LogP contribution in [0.3, 0.4) is 0 Å². The third-order valence-corrected chi connectivity index (χ3v) is 2.19. The van der Waals surface area contributed by atoms with E-state index in [0.29, 0.717) is 6.42 Å². The van der Waals surface area contributed by atoms with E-state index in [-0.39, 0.29) is 5.92 Å². The van der Waals surface area contributed by atoms with Crippen molar-refractivity contribution >= 4 is 13.6 Å². The van der Waals surface area contributed by atoms with Gasteiger partial charge in [0.25, 0.3) is 8.03 Å². The van der Waals surface area contributed by atoms with Gasteiger partial charge in [0.1, 0.15) is 0 Å². The molecule has 0 bridgehead atoms. The summed E-state index contributed by atoms with van der Waals surface area (Å²) >= 11 is 0. The van der Waals surface area contributed by atoms with Crippen molar-refractivity contribution in [1.29, 1.82) is 0 Å². The first-order valence-electron chi connectivity index (χ1n) is 2.86. The van der Waals surface area contributed by atoms with Crippen molar-refractivity contribution in [3.8, 4) is 0 Å². The second kappa shape index (κ2) is 3.80. The third kappa shape index (κ3) is 2.78. The Morgan fingerprint density at radius 3 is 2.33 bits per heavy atom. The molecule has 0 aromatic rings. The van der Waals surface area contributed by atoms with Crippen LogP contribution < -0.4 is 0 Å². The second-order valence-electron chi connectivity index (χ2n) is 1.98. The summed E-state index contributed by atoms with van der Waals surface area (Å²) in [6.45, 7) is 3.47. The van der Waals surface area contributed by atoms with Crippen molar-refractivity contribution in [3.05, 3.63) is 0 Å². The lowest BCUT2D eigenvalue weighted by molar-refractivity contribution is -0.115. The largest absolute Gasteiger partial charge is 0.341 e. The summed E-state index contributed by atoms with van der Waals surface area (Å²) in [5, 5.41) is 0. The molecule has 0 saturated heterocycles. The molecule has 0 rings (SSSR count). The zero-order chi connectivity index (χ0) is 7.44. The third-order valence-electron chi connectivity index (χ3n) is 1.27. The minimum absolute atomic E-state index is 0.263. The van der Waals surface area contributed by atoms with Crippen molar-refractivity contribution in [3.63, 3.8) is 0 Å². The van der Waals surface area contributed by atoms with Crippen LogP contribution in [0.1, 0.15) is 20.3 Å². The van der Waals surface area contributed by atoms with Crippen molar-refractivity contribution in [2.24, 2.45) is 5.92 Å². The highest BCUT2D eigenvalue weighted by Gasteiger charge is 2.14. The first kappa shape index (κ1) is 8.86. The molecule has 1 N–H and O–H groups in total. The van der Waals surface area contributed by atoms with Gasteiger partial charge in [0.15, 0.2) is 0 Å². The Hall–Kier alpha value is -0.140. The highest BCUT2D eigenvalue weighted by molar-refractivity contribution is 7.58. The van der Waals surface area contributed by atoms with Gasteiger partial charge in [-0.2, -0.15) is 0 Å². The van der Waals surface area contributed by atoms with Crippen LogP contribution in [0.5, 0.6) is 0 Å². The molecule has 4 heteroatoms. The molecule has 0 aromatic carbocycles. The lowest BCUT2D eigenvalue weighted by Gasteiger charge is -2.01. The molecule has 54 valence electrons. The zero-order valence-electron chi connectivity index (χ0n) is 5.55. The van der Waals surface area contributed by atoms with Crippen molar-refractivity contribution < 1.29 is 14.3 Å². The van der Waals surface area contributed by atoms with E-state index in [4.69, 9.17) is 4.89 Å². The van der Waals surface area contributed by atoms with E-state index in [0.717, 1.165) is 0 Å². The summed E-state index contributed by atoms with van der Waals surface area (Å²) < 4.78 is 10.1. The molecule has 2 unspecified atom stereocenters. The summed E-state index contributed by atoms with van der Waals surface area (Å²) in [7, 11) is -2.91. The van der Waals surface area contributed by atoms with Gasteiger partial charge in [-0.15, -0.1) is 0 Å². The number of hydrogen-bond acceptors (Lipinski definition) is 2. The quantitative estimate of drug-likeness (QED) is 0.611. The van der Waals surface area contributed by atoms with Gasteiger partial charge < -0.3 is 4.89 Å². The molecular weight excluding hydrogens is 139 g/mol. The second-order valence-corrected chi connectivity index (χ2v) is 3.08. The van der Waals surface area contributed by atoms with E-state index in [1.165, 1.54) is 0 Å². The Kier molecular flexibility index (Phi) is 3.75. The summed E-state index contributed by atoms with van der Waals surface area (Å²) in [6.07, 6.45) is 0.635.